The Kier molecular flexibility index (Phi) is 5.06. The van der Waals surface area contributed by atoms with Crippen LogP contribution in [0, 0.1) is 0 Å². The Labute approximate surface area is 89.7 Å². The lowest BCUT2D eigenvalue weighted by atomic mass is 10.2. The fraction of sp³-hybridized carbons (Fsp3) is 1.00. The summed E-state index contributed by atoms with van der Waals surface area (Å²) in [5.41, 5.74) is 5.59. The van der Waals surface area contributed by atoms with Crippen LogP contribution < -0.4 is 5.73 Å². The second-order valence-electron chi connectivity index (χ2n) is 5.77. The molecule has 0 saturated heterocycles. The van der Waals surface area contributed by atoms with Crippen LogP contribution in [-0.2, 0) is 0 Å². The van der Waals surface area contributed by atoms with E-state index in [2.05, 4.69) is 42.0 Å². The second-order valence-corrected chi connectivity index (χ2v) is 5.77. The van der Waals surface area contributed by atoms with Gasteiger partial charge in [-0.25, -0.2) is 0 Å². The first kappa shape index (κ1) is 13.9. The number of nitrogens with zero attached hydrogens (tertiary/aromatic N) is 2. The maximum atomic E-state index is 5.59. The van der Waals surface area contributed by atoms with E-state index in [4.69, 9.17) is 5.73 Å². The van der Waals surface area contributed by atoms with Gasteiger partial charge in [0.25, 0.3) is 0 Å². The van der Waals surface area contributed by atoms with Gasteiger partial charge in [0.15, 0.2) is 0 Å². The summed E-state index contributed by atoms with van der Waals surface area (Å²) in [5, 5.41) is 0. The molecule has 0 saturated carbocycles. The molecule has 0 atom stereocenters. The van der Waals surface area contributed by atoms with Gasteiger partial charge in [-0.05, 0) is 13.8 Å². The lowest BCUT2D eigenvalue weighted by molar-refractivity contribution is -0.955. The van der Waals surface area contributed by atoms with Gasteiger partial charge in [-0.3, -0.25) is 0 Å². The summed E-state index contributed by atoms with van der Waals surface area (Å²) < 4.78 is 2.12. The van der Waals surface area contributed by atoms with E-state index in [9.17, 15) is 0 Å². The minimum absolute atomic E-state index is 0.688. The van der Waals surface area contributed by atoms with Crippen molar-refractivity contribution in [1.82, 2.24) is 0 Å². The van der Waals surface area contributed by atoms with Crippen molar-refractivity contribution in [2.45, 2.75) is 19.9 Å². The van der Waals surface area contributed by atoms with Gasteiger partial charge >= 0.3 is 0 Å². The minimum Gasteiger partial charge on any atom is -0.326 e. The van der Waals surface area contributed by atoms with E-state index in [1.165, 1.54) is 13.1 Å². The highest BCUT2D eigenvalue weighted by Crippen LogP contribution is 2.07. The van der Waals surface area contributed by atoms with Crippen molar-refractivity contribution in [2.75, 3.05) is 54.4 Å². The Hall–Kier alpha value is -0.120. The quantitative estimate of drug-likeness (QED) is 0.625. The van der Waals surface area contributed by atoms with Crippen LogP contribution in [-0.4, -0.2) is 69.4 Å². The van der Waals surface area contributed by atoms with E-state index < -0.39 is 0 Å². The number of hydrogen-bond acceptors (Lipinski definition) is 1. The molecule has 86 valence electrons. The summed E-state index contributed by atoms with van der Waals surface area (Å²) in [4.78, 5) is 0. The maximum absolute atomic E-state index is 5.59. The van der Waals surface area contributed by atoms with Crippen molar-refractivity contribution >= 4 is 0 Å². The van der Waals surface area contributed by atoms with Crippen molar-refractivity contribution in [2.24, 2.45) is 5.73 Å². The summed E-state index contributed by atoms with van der Waals surface area (Å²) in [7, 11) is 9.11. The normalized spacial score (nSPS) is 13.7. The molecular formula is C11H29N3+2. The summed E-state index contributed by atoms with van der Waals surface area (Å²) in [6.45, 7) is 8.82. The third-order valence-corrected chi connectivity index (χ3v) is 3.41. The number of rotatable bonds is 6. The van der Waals surface area contributed by atoms with Gasteiger partial charge in [-0.2, -0.15) is 0 Å². The van der Waals surface area contributed by atoms with Crippen molar-refractivity contribution in [3.8, 4) is 0 Å². The molecule has 0 heterocycles. The van der Waals surface area contributed by atoms with Gasteiger partial charge in [-0.15, -0.1) is 0 Å². The first-order valence-electron chi connectivity index (χ1n) is 5.56. The molecule has 0 aromatic heterocycles. The molecule has 0 aromatic rings. The lowest BCUT2D eigenvalue weighted by Crippen LogP contribution is -2.54. The van der Waals surface area contributed by atoms with Crippen LogP contribution in [0.15, 0.2) is 0 Å². The molecule has 2 N–H and O–H groups in total. The van der Waals surface area contributed by atoms with Crippen molar-refractivity contribution in [3.05, 3.63) is 0 Å². The first-order valence-corrected chi connectivity index (χ1v) is 5.56. The van der Waals surface area contributed by atoms with Crippen LogP contribution in [0.5, 0.6) is 0 Å². The first-order chi connectivity index (χ1) is 6.21. The Bertz CT molecular complexity index is 162. The molecule has 3 nitrogen and oxygen atoms in total. The van der Waals surface area contributed by atoms with Gasteiger partial charge < -0.3 is 14.7 Å². The average molecular weight is 203 g/mol. The molecule has 0 bridgehead atoms. The molecule has 0 radical (unpaired) electrons. The highest BCUT2D eigenvalue weighted by atomic mass is 15.4. The number of nitrogens with two attached hydrogens (primary N) is 1. The molecule has 0 aromatic carbocycles. The SMILES string of the molecule is CC(C)[N+](C)(C)CC[N+](C)(C)CCN. The van der Waals surface area contributed by atoms with E-state index in [0.717, 1.165) is 22.1 Å². The third-order valence-electron chi connectivity index (χ3n) is 3.41. The largest absolute Gasteiger partial charge is 0.326 e. The lowest BCUT2D eigenvalue weighted by Gasteiger charge is -2.38. The Morgan fingerprint density at radius 1 is 0.929 bits per heavy atom. The Balaban J connectivity index is 4.04. The van der Waals surface area contributed by atoms with Gasteiger partial charge in [-0.1, -0.05) is 0 Å². The van der Waals surface area contributed by atoms with E-state index >= 15 is 0 Å². The van der Waals surface area contributed by atoms with Crippen LogP contribution in [0.2, 0.25) is 0 Å². The maximum Gasteiger partial charge on any atom is 0.128 e. The fourth-order valence-corrected chi connectivity index (χ4v) is 1.25. The number of likely N-dealkylation sites (N-methyl/N-ethyl adjacent to an activating group) is 2. The average Bonchev–Trinajstić information content (AvgIpc) is 2.01. The zero-order valence-electron chi connectivity index (χ0n) is 10.9. The molecule has 0 amide bonds. The van der Waals surface area contributed by atoms with Crippen LogP contribution in [0.25, 0.3) is 0 Å². The summed E-state index contributed by atoms with van der Waals surface area (Å²) >= 11 is 0. The van der Waals surface area contributed by atoms with Crippen LogP contribution >= 0.6 is 0 Å². The number of quaternary nitrogens is 2. The molecule has 0 spiro atoms. The Morgan fingerprint density at radius 3 is 1.79 bits per heavy atom. The van der Waals surface area contributed by atoms with Crippen molar-refractivity contribution < 1.29 is 8.97 Å². The molecule has 0 rings (SSSR count). The molecule has 0 fully saturated rings. The summed E-state index contributed by atoms with van der Waals surface area (Å²) in [5.74, 6) is 0. The molecule has 0 aliphatic heterocycles. The highest BCUT2D eigenvalue weighted by Gasteiger charge is 2.24. The van der Waals surface area contributed by atoms with Gasteiger partial charge in [0.1, 0.15) is 13.1 Å². The topological polar surface area (TPSA) is 26.0 Å². The van der Waals surface area contributed by atoms with Gasteiger partial charge in [0.05, 0.1) is 40.8 Å². The smallest absolute Gasteiger partial charge is 0.128 e. The Morgan fingerprint density at radius 2 is 1.43 bits per heavy atom. The van der Waals surface area contributed by atoms with E-state index in [-0.39, 0.29) is 0 Å². The van der Waals surface area contributed by atoms with E-state index in [0.29, 0.717) is 6.04 Å². The summed E-state index contributed by atoms with van der Waals surface area (Å²) in [6, 6.07) is 0.688. The standard InChI is InChI=1S/C11H29N3/c1-11(2)14(5,6)10-9-13(3,4)8-7-12/h11H,7-10,12H2,1-6H3/q+2. The van der Waals surface area contributed by atoms with Gasteiger partial charge in [0, 0.05) is 6.54 Å². The molecule has 0 unspecified atom stereocenters. The number of hydrogen-bond donors (Lipinski definition) is 1. The van der Waals surface area contributed by atoms with Crippen molar-refractivity contribution in [1.29, 1.82) is 0 Å². The third kappa shape index (κ3) is 4.94. The van der Waals surface area contributed by atoms with E-state index in [1.54, 1.807) is 0 Å². The van der Waals surface area contributed by atoms with E-state index in [1.807, 2.05) is 0 Å². The summed E-state index contributed by atoms with van der Waals surface area (Å²) in [6.07, 6.45) is 0. The monoisotopic (exact) mass is 203 g/mol. The van der Waals surface area contributed by atoms with Crippen LogP contribution in [0.4, 0.5) is 0 Å². The fourth-order valence-electron chi connectivity index (χ4n) is 1.25. The predicted octanol–water partition coefficient (Wildman–Crippen LogP) is 0.506. The van der Waals surface area contributed by atoms with Crippen LogP contribution in [0.3, 0.4) is 0 Å². The predicted molar refractivity (Wildman–Crippen MR) is 63.0 cm³/mol. The zero-order valence-corrected chi connectivity index (χ0v) is 10.9. The van der Waals surface area contributed by atoms with Crippen molar-refractivity contribution in [3.63, 3.8) is 0 Å². The highest BCUT2D eigenvalue weighted by molar-refractivity contribution is 4.42. The zero-order chi connectivity index (χ0) is 11.4. The second kappa shape index (κ2) is 5.10. The molecule has 3 heteroatoms. The van der Waals surface area contributed by atoms with Crippen LogP contribution in [0.1, 0.15) is 13.8 Å². The molecule has 14 heavy (non-hydrogen) atoms. The van der Waals surface area contributed by atoms with Gasteiger partial charge in [0.2, 0.25) is 0 Å². The molecular weight excluding hydrogens is 174 g/mol. The molecule has 0 aliphatic carbocycles. The minimum atomic E-state index is 0.688. The molecule has 0 aliphatic rings.